The van der Waals surface area contributed by atoms with E-state index in [1.807, 2.05) is 4.90 Å². The maximum Gasteiger partial charge on any atom is 0.224 e. The molecule has 0 aromatic carbocycles. The van der Waals surface area contributed by atoms with Gasteiger partial charge < -0.3 is 15.0 Å². The van der Waals surface area contributed by atoms with Gasteiger partial charge in [0.2, 0.25) is 5.91 Å². The molecule has 0 aromatic heterocycles. The SMILES string of the molecule is O=C(CCOC1CCCC1)N1CCNCC1. The molecule has 1 heterocycles. The summed E-state index contributed by atoms with van der Waals surface area (Å²) in [5.74, 6) is 0.250. The Kier molecular flexibility index (Phi) is 4.60. The molecule has 0 bridgehead atoms. The van der Waals surface area contributed by atoms with Crippen LogP contribution < -0.4 is 5.32 Å². The van der Waals surface area contributed by atoms with Gasteiger partial charge in [-0.3, -0.25) is 4.79 Å². The minimum atomic E-state index is 0.250. The van der Waals surface area contributed by atoms with Gasteiger partial charge in [-0.2, -0.15) is 0 Å². The van der Waals surface area contributed by atoms with E-state index in [9.17, 15) is 4.79 Å². The Hall–Kier alpha value is -0.610. The van der Waals surface area contributed by atoms with Gasteiger partial charge in [-0.1, -0.05) is 12.8 Å². The zero-order valence-electron chi connectivity index (χ0n) is 9.91. The lowest BCUT2D eigenvalue weighted by Gasteiger charge is -2.27. The van der Waals surface area contributed by atoms with Gasteiger partial charge in [0.1, 0.15) is 0 Å². The van der Waals surface area contributed by atoms with Crippen LogP contribution in [-0.4, -0.2) is 49.7 Å². The summed E-state index contributed by atoms with van der Waals surface area (Å²) in [4.78, 5) is 13.7. The standard InChI is InChI=1S/C12H22N2O2/c15-12(14-8-6-13-7-9-14)5-10-16-11-3-1-2-4-11/h11,13H,1-10H2. The third kappa shape index (κ3) is 3.46. The summed E-state index contributed by atoms with van der Waals surface area (Å²) in [6.07, 6.45) is 5.92. The smallest absolute Gasteiger partial charge is 0.224 e. The number of hydrogen-bond acceptors (Lipinski definition) is 3. The van der Waals surface area contributed by atoms with Gasteiger partial charge in [0.05, 0.1) is 19.1 Å². The minimum absolute atomic E-state index is 0.250. The summed E-state index contributed by atoms with van der Waals surface area (Å²) >= 11 is 0. The molecule has 4 nitrogen and oxygen atoms in total. The number of rotatable bonds is 4. The van der Waals surface area contributed by atoms with Crippen molar-refractivity contribution < 1.29 is 9.53 Å². The fraction of sp³-hybridized carbons (Fsp3) is 0.917. The normalized spacial score (nSPS) is 22.6. The van der Waals surface area contributed by atoms with Crippen molar-refractivity contribution >= 4 is 5.91 Å². The zero-order valence-corrected chi connectivity index (χ0v) is 9.91. The Morgan fingerprint density at radius 1 is 1.25 bits per heavy atom. The Balaban J connectivity index is 1.59. The highest BCUT2D eigenvalue weighted by Gasteiger charge is 2.18. The Morgan fingerprint density at radius 2 is 1.94 bits per heavy atom. The van der Waals surface area contributed by atoms with Crippen LogP contribution in [0.3, 0.4) is 0 Å². The molecule has 1 saturated carbocycles. The fourth-order valence-electron chi connectivity index (χ4n) is 2.44. The summed E-state index contributed by atoms with van der Waals surface area (Å²) in [7, 11) is 0. The largest absolute Gasteiger partial charge is 0.378 e. The first kappa shape index (κ1) is 11.9. The van der Waals surface area contributed by atoms with Gasteiger partial charge in [0.15, 0.2) is 0 Å². The summed E-state index contributed by atoms with van der Waals surface area (Å²) in [5, 5.41) is 3.25. The third-order valence-corrected chi connectivity index (χ3v) is 3.44. The van der Waals surface area contributed by atoms with Crippen LogP contribution in [-0.2, 0) is 9.53 Å². The number of piperazine rings is 1. The molecule has 2 rings (SSSR count). The number of amides is 1. The number of carbonyl (C=O) groups excluding carboxylic acids is 1. The topological polar surface area (TPSA) is 41.6 Å². The molecule has 0 unspecified atom stereocenters. The first-order chi connectivity index (χ1) is 7.86. The predicted octanol–water partition coefficient (Wildman–Crippen LogP) is 0.767. The average molecular weight is 226 g/mol. The average Bonchev–Trinajstić information content (AvgIpc) is 2.83. The first-order valence-corrected chi connectivity index (χ1v) is 6.46. The van der Waals surface area contributed by atoms with Crippen LogP contribution in [0.5, 0.6) is 0 Å². The van der Waals surface area contributed by atoms with Crippen molar-refractivity contribution in [3.8, 4) is 0 Å². The molecule has 1 N–H and O–H groups in total. The molecule has 0 radical (unpaired) electrons. The Bertz CT molecular complexity index is 221. The summed E-state index contributed by atoms with van der Waals surface area (Å²) in [6.45, 7) is 4.16. The highest BCUT2D eigenvalue weighted by atomic mass is 16.5. The van der Waals surface area contributed by atoms with Crippen LogP contribution >= 0.6 is 0 Å². The molecule has 1 amide bonds. The predicted molar refractivity (Wildman–Crippen MR) is 62.3 cm³/mol. The van der Waals surface area contributed by atoms with Gasteiger partial charge >= 0.3 is 0 Å². The van der Waals surface area contributed by atoms with Gasteiger partial charge in [-0.05, 0) is 12.8 Å². The van der Waals surface area contributed by atoms with E-state index in [-0.39, 0.29) is 5.91 Å². The Labute approximate surface area is 97.3 Å². The maximum atomic E-state index is 11.8. The van der Waals surface area contributed by atoms with Crippen LogP contribution in [0.4, 0.5) is 0 Å². The van der Waals surface area contributed by atoms with Crippen molar-refractivity contribution in [1.82, 2.24) is 10.2 Å². The zero-order chi connectivity index (χ0) is 11.2. The Morgan fingerprint density at radius 3 is 2.62 bits per heavy atom. The van der Waals surface area contributed by atoms with E-state index in [2.05, 4.69) is 5.32 Å². The summed E-state index contributed by atoms with van der Waals surface area (Å²) in [5.41, 5.74) is 0. The monoisotopic (exact) mass is 226 g/mol. The van der Waals surface area contributed by atoms with Crippen molar-refractivity contribution in [2.45, 2.75) is 38.2 Å². The van der Waals surface area contributed by atoms with E-state index in [0.29, 0.717) is 19.1 Å². The van der Waals surface area contributed by atoms with E-state index in [1.54, 1.807) is 0 Å². The van der Waals surface area contributed by atoms with Crippen molar-refractivity contribution in [2.24, 2.45) is 0 Å². The lowest BCUT2D eigenvalue weighted by atomic mass is 10.3. The summed E-state index contributed by atoms with van der Waals surface area (Å²) < 4.78 is 5.70. The van der Waals surface area contributed by atoms with Gasteiger partial charge in [-0.15, -0.1) is 0 Å². The van der Waals surface area contributed by atoms with E-state index in [1.165, 1.54) is 25.7 Å². The van der Waals surface area contributed by atoms with Crippen LogP contribution in [0, 0.1) is 0 Å². The van der Waals surface area contributed by atoms with Gasteiger partial charge in [0, 0.05) is 26.2 Å². The molecule has 1 aliphatic heterocycles. The van der Waals surface area contributed by atoms with Crippen LogP contribution in [0.1, 0.15) is 32.1 Å². The fourth-order valence-corrected chi connectivity index (χ4v) is 2.44. The second kappa shape index (κ2) is 6.21. The van der Waals surface area contributed by atoms with Gasteiger partial charge in [0.25, 0.3) is 0 Å². The summed E-state index contributed by atoms with van der Waals surface area (Å²) in [6, 6.07) is 0. The molecule has 2 aliphatic rings. The van der Waals surface area contributed by atoms with Crippen LogP contribution in [0.15, 0.2) is 0 Å². The molecule has 92 valence electrons. The molecule has 16 heavy (non-hydrogen) atoms. The molecule has 2 fully saturated rings. The van der Waals surface area contributed by atoms with E-state index in [4.69, 9.17) is 4.74 Å². The number of nitrogens with zero attached hydrogens (tertiary/aromatic N) is 1. The molecule has 1 aliphatic carbocycles. The molecule has 0 spiro atoms. The van der Waals surface area contributed by atoms with Crippen molar-refractivity contribution in [1.29, 1.82) is 0 Å². The number of ether oxygens (including phenoxy) is 1. The first-order valence-electron chi connectivity index (χ1n) is 6.46. The number of nitrogens with one attached hydrogen (secondary N) is 1. The van der Waals surface area contributed by atoms with Crippen molar-refractivity contribution in [3.05, 3.63) is 0 Å². The lowest BCUT2D eigenvalue weighted by molar-refractivity contribution is -0.133. The molecule has 0 atom stereocenters. The van der Waals surface area contributed by atoms with Crippen LogP contribution in [0.25, 0.3) is 0 Å². The second-order valence-corrected chi connectivity index (χ2v) is 4.66. The highest BCUT2D eigenvalue weighted by Crippen LogP contribution is 2.20. The number of carbonyl (C=O) groups is 1. The van der Waals surface area contributed by atoms with E-state index >= 15 is 0 Å². The molecule has 4 heteroatoms. The maximum absolute atomic E-state index is 11.8. The van der Waals surface area contributed by atoms with Crippen LogP contribution in [0.2, 0.25) is 0 Å². The lowest BCUT2D eigenvalue weighted by Crippen LogP contribution is -2.46. The highest BCUT2D eigenvalue weighted by molar-refractivity contribution is 5.76. The third-order valence-electron chi connectivity index (χ3n) is 3.44. The van der Waals surface area contributed by atoms with Crippen molar-refractivity contribution in [3.63, 3.8) is 0 Å². The second-order valence-electron chi connectivity index (χ2n) is 4.66. The molecule has 1 saturated heterocycles. The molecule has 0 aromatic rings. The van der Waals surface area contributed by atoms with E-state index < -0.39 is 0 Å². The van der Waals surface area contributed by atoms with Gasteiger partial charge in [-0.25, -0.2) is 0 Å². The molecular formula is C12H22N2O2. The number of hydrogen-bond donors (Lipinski definition) is 1. The van der Waals surface area contributed by atoms with Crippen molar-refractivity contribution in [2.75, 3.05) is 32.8 Å². The minimum Gasteiger partial charge on any atom is -0.378 e. The quantitative estimate of drug-likeness (QED) is 0.770. The molecular weight excluding hydrogens is 204 g/mol. The van der Waals surface area contributed by atoms with E-state index in [0.717, 1.165) is 26.2 Å².